The van der Waals surface area contributed by atoms with Crippen LogP contribution >= 0.6 is 0 Å². The van der Waals surface area contributed by atoms with Crippen molar-refractivity contribution in [3.05, 3.63) is 0 Å². The van der Waals surface area contributed by atoms with E-state index in [1.165, 1.54) is 6.42 Å². The average molecular weight is 242 g/mol. The van der Waals surface area contributed by atoms with Gasteiger partial charge in [-0.15, -0.1) is 0 Å². The second kappa shape index (κ2) is 5.89. The first-order chi connectivity index (χ1) is 7.97. The molecular weight excluding hydrogens is 220 g/mol. The van der Waals surface area contributed by atoms with Crippen LogP contribution < -0.4 is 10.6 Å². The summed E-state index contributed by atoms with van der Waals surface area (Å²) in [4.78, 5) is 22.1. The molecular formula is C12H22N2O3. The average Bonchev–Trinajstić information content (AvgIpc) is 2.20. The van der Waals surface area contributed by atoms with Crippen molar-refractivity contribution < 1.29 is 14.7 Å². The Kier molecular flexibility index (Phi) is 4.78. The van der Waals surface area contributed by atoms with E-state index in [-0.39, 0.29) is 24.0 Å². The number of carboxylic acid groups (broad SMARTS) is 1. The molecule has 3 N–H and O–H groups in total. The van der Waals surface area contributed by atoms with Crippen LogP contribution in [0.15, 0.2) is 0 Å². The van der Waals surface area contributed by atoms with E-state index >= 15 is 0 Å². The van der Waals surface area contributed by atoms with Gasteiger partial charge in [-0.3, -0.25) is 4.79 Å². The number of rotatable bonds is 6. The van der Waals surface area contributed by atoms with Crippen LogP contribution in [-0.4, -0.2) is 28.7 Å². The first kappa shape index (κ1) is 13.8. The molecule has 1 rings (SSSR count). The van der Waals surface area contributed by atoms with E-state index in [9.17, 15) is 9.59 Å². The maximum atomic E-state index is 11.7. The van der Waals surface area contributed by atoms with E-state index in [0.717, 1.165) is 19.3 Å². The second-order valence-corrected chi connectivity index (χ2v) is 4.92. The van der Waals surface area contributed by atoms with Crippen LogP contribution in [0.3, 0.4) is 0 Å². The Bertz CT molecular complexity index is 282. The van der Waals surface area contributed by atoms with Crippen LogP contribution in [0.2, 0.25) is 0 Å². The Labute approximate surface area is 102 Å². The predicted molar refractivity (Wildman–Crippen MR) is 64.9 cm³/mol. The Balaban J connectivity index is 2.26. The quantitative estimate of drug-likeness (QED) is 0.665. The van der Waals surface area contributed by atoms with Gasteiger partial charge in [0.1, 0.15) is 0 Å². The Morgan fingerprint density at radius 3 is 2.47 bits per heavy atom. The first-order valence-corrected chi connectivity index (χ1v) is 6.28. The second-order valence-electron chi connectivity index (χ2n) is 4.92. The Morgan fingerprint density at radius 1 is 1.41 bits per heavy atom. The highest BCUT2D eigenvalue weighted by Gasteiger charge is 2.36. The van der Waals surface area contributed by atoms with Crippen LogP contribution in [0.1, 0.15) is 52.4 Å². The lowest BCUT2D eigenvalue weighted by Gasteiger charge is -2.42. The molecule has 17 heavy (non-hydrogen) atoms. The number of hydrogen-bond donors (Lipinski definition) is 3. The van der Waals surface area contributed by atoms with Gasteiger partial charge in [-0.05, 0) is 39.0 Å². The molecule has 2 amide bonds. The van der Waals surface area contributed by atoms with Gasteiger partial charge in [-0.25, -0.2) is 4.79 Å². The normalized spacial score (nSPS) is 18.9. The summed E-state index contributed by atoms with van der Waals surface area (Å²) in [6.07, 6.45) is 4.75. The summed E-state index contributed by atoms with van der Waals surface area (Å²) in [5.41, 5.74) is -0.0173. The summed E-state index contributed by atoms with van der Waals surface area (Å²) in [7, 11) is 0. The minimum atomic E-state index is -0.830. The van der Waals surface area contributed by atoms with E-state index in [2.05, 4.69) is 17.6 Å². The number of aliphatic carboxylic acids is 1. The molecule has 0 aromatic carbocycles. The van der Waals surface area contributed by atoms with E-state index in [0.29, 0.717) is 6.42 Å². The third-order valence-electron chi connectivity index (χ3n) is 3.53. The first-order valence-electron chi connectivity index (χ1n) is 6.28. The van der Waals surface area contributed by atoms with Crippen LogP contribution in [0.5, 0.6) is 0 Å². The molecule has 0 aromatic rings. The maximum absolute atomic E-state index is 11.7. The van der Waals surface area contributed by atoms with Gasteiger partial charge >= 0.3 is 12.0 Å². The summed E-state index contributed by atoms with van der Waals surface area (Å²) in [6, 6.07) is -0.287. The lowest BCUT2D eigenvalue weighted by molar-refractivity contribution is -0.137. The van der Waals surface area contributed by atoms with Crippen molar-refractivity contribution in [2.24, 2.45) is 0 Å². The van der Waals surface area contributed by atoms with Gasteiger partial charge in [0.15, 0.2) is 0 Å². The topological polar surface area (TPSA) is 78.4 Å². The summed E-state index contributed by atoms with van der Waals surface area (Å²) in [6.45, 7) is 3.90. The lowest BCUT2D eigenvalue weighted by Crippen LogP contribution is -2.57. The molecule has 98 valence electrons. The van der Waals surface area contributed by atoms with E-state index in [4.69, 9.17) is 5.11 Å². The van der Waals surface area contributed by atoms with E-state index in [1.807, 2.05) is 6.92 Å². The van der Waals surface area contributed by atoms with E-state index in [1.54, 1.807) is 0 Å². The van der Waals surface area contributed by atoms with E-state index < -0.39 is 5.97 Å². The highest BCUT2D eigenvalue weighted by molar-refractivity contribution is 5.75. The SMILES string of the molecule is CCC1(NC(=O)NC(C)CCC(=O)O)CCC1. The molecule has 0 radical (unpaired) electrons. The molecule has 0 aromatic heterocycles. The number of amides is 2. The van der Waals surface area contributed by atoms with Gasteiger partial charge < -0.3 is 15.7 Å². The minimum absolute atomic E-state index is 0.0173. The minimum Gasteiger partial charge on any atom is -0.481 e. The molecule has 1 saturated carbocycles. The molecule has 0 saturated heterocycles. The van der Waals surface area contributed by atoms with Crippen molar-refractivity contribution >= 4 is 12.0 Å². The van der Waals surface area contributed by atoms with Crippen molar-refractivity contribution in [3.63, 3.8) is 0 Å². The molecule has 1 aliphatic rings. The zero-order valence-corrected chi connectivity index (χ0v) is 10.6. The summed E-state index contributed by atoms with van der Waals surface area (Å²) in [5.74, 6) is -0.830. The standard InChI is InChI=1S/C12H22N2O3/c1-3-12(7-4-8-12)14-11(17)13-9(2)5-6-10(15)16/h9H,3-8H2,1-2H3,(H,15,16)(H2,13,14,17). The highest BCUT2D eigenvalue weighted by Crippen LogP contribution is 2.34. The molecule has 1 atom stereocenters. The zero-order chi connectivity index (χ0) is 12.9. The fourth-order valence-electron chi connectivity index (χ4n) is 2.08. The number of carbonyl (C=O) groups is 2. The van der Waals surface area contributed by atoms with Crippen molar-refractivity contribution in [1.82, 2.24) is 10.6 Å². The third-order valence-corrected chi connectivity index (χ3v) is 3.53. The van der Waals surface area contributed by atoms with Crippen molar-refractivity contribution in [3.8, 4) is 0 Å². The number of carboxylic acids is 1. The van der Waals surface area contributed by atoms with Crippen LogP contribution in [-0.2, 0) is 4.79 Å². The number of nitrogens with one attached hydrogen (secondary N) is 2. The Hall–Kier alpha value is -1.26. The van der Waals surface area contributed by atoms with Gasteiger partial charge in [0, 0.05) is 18.0 Å². The molecule has 1 unspecified atom stereocenters. The van der Waals surface area contributed by atoms with Crippen LogP contribution in [0.4, 0.5) is 4.79 Å². The highest BCUT2D eigenvalue weighted by atomic mass is 16.4. The predicted octanol–water partition coefficient (Wildman–Crippen LogP) is 1.87. The molecule has 0 bridgehead atoms. The van der Waals surface area contributed by atoms with Gasteiger partial charge in [0.25, 0.3) is 0 Å². The van der Waals surface area contributed by atoms with Crippen molar-refractivity contribution in [2.75, 3.05) is 0 Å². The molecule has 5 heteroatoms. The molecule has 1 fully saturated rings. The Morgan fingerprint density at radius 2 is 2.06 bits per heavy atom. The molecule has 0 heterocycles. The molecule has 1 aliphatic carbocycles. The van der Waals surface area contributed by atoms with Crippen molar-refractivity contribution in [2.45, 2.75) is 64.0 Å². The summed E-state index contributed by atoms with van der Waals surface area (Å²) < 4.78 is 0. The number of hydrogen-bond acceptors (Lipinski definition) is 2. The van der Waals surface area contributed by atoms with Gasteiger partial charge in [-0.1, -0.05) is 6.92 Å². The zero-order valence-electron chi connectivity index (χ0n) is 10.6. The van der Waals surface area contributed by atoms with Crippen molar-refractivity contribution in [1.29, 1.82) is 0 Å². The van der Waals surface area contributed by atoms with Crippen LogP contribution in [0.25, 0.3) is 0 Å². The molecule has 0 aliphatic heterocycles. The number of carbonyl (C=O) groups excluding carboxylic acids is 1. The van der Waals surface area contributed by atoms with Gasteiger partial charge in [0.05, 0.1) is 0 Å². The monoisotopic (exact) mass is 242 g/mol. The largest absolute Gasteiger partial charge is 0.481 e. The molecule has 0 spiro atoms. The number of urea groups is 1. The third kappa shape index (κ3) is 4.24. The summed E-state index contributed by atoms with van der Waals surface area (Å²) >= 11 is 0. The maximum Gasteiger partial charge on any atom is 0.315 e. The summed E-state index contributed by atoms with van der Waals surface area (Å²) in [5, 5.41) is 14.3. The molecule has 5 nitrogen and oxygen atoms in total. The smallest absolute Gasteiger partial charge is 0.315 e. The fourth-order valence-corrected chi connectivity index (χ4v) is 2.08. The van der Waals surface area contributed by atoms with Gasteiger partial charge in [-0.2, -0.15) is 0 Å². The van der Waals surface area contributed by atoms with Gasteiger partial charge in [0.2, 0.25) is 0 Å². The fraction of sp³-hybridized carbons (Fsp3) is 0.833. The van der Waals surface area contributed by atoms with Crippen LogP contribution in [0, 0.1) is 0 Å². The lowest BCUT2D eigenvalue weighted by atomic mass is 9.75.